The number of H-pyrrole nitrogens is 1. The van der Waals surface area contributed by atoms with Gasteiger partial charge in [0, 0.05) is 19.9 Å². The molecule has 1 atom stereocenters. The van der Waals surface area contributed by atoms with Crippen molar-refractivity contribution >= 4 is 29.6 Å². The number of hydrogen-bond acceptors (Lipinski definition) is 5. The monoisotopic (exact) mass is 423 g/mol. The largest absolute Gasteiger partial charge is 0.379 e. The lowest BCUT2D eigenvalue weighted by atomic mass is 10.2. The molecule has 0 aliphatic carbocycles. The van der Waals surface area contributed by atoms with E-state index < -0.39 is 24.2 Å². The number of aromatic amines is 1. The van der Waals surface area contributed by atoms with Gasteiger partial charge < -0.3 is 28.6 Å². The SMILES string of the molecule is CCC(C)C.COC(CCn1cc(F)c2c(=O)[nH]cnc21)COP(O)(O)=S. The first-order chi connectivity index (χ1) is 12.6. The van der Waals surface area contributed by atoms with Gasteiger partial charge in [-0.2, -0.15) is 0 Å². The summed E-state index contributed by atoms with van der Waals surface area (Å²) in [7, 11) is 1.43. The summed E-state index contributed by atoms with van der Waals surface area (Å²) < 4.78 is 25.1. The number of ether oxygens (including phenoxy) is 1. The van der Waals surface area contributed by atoms with E-state index in [0.29, 0.717) is 13.0 Å². The Kier molecular flexibility index (Phi) is 9.72. The van der Waals surface area contributed by atoms with Crippen LogP contribution in [0.4, 0.5) is 4.39 Å². The summed E-state index contributed by atoms with van der Waals surface area (Å²) in [4.78, 5) is 35.9. The van der Waals surface area contributed by atoms with Crippen LogP contribution in [0.5, 0.6) is 0 Å². The molecule has 2 rings (SSSR count). The summed E-state index contributed by atoms with van der Waals surface area (Å²) in [6, 6.07) is 0. The van der Waals surface area contributed by atoms with Crippen LogP contribution in [0.2, 0.25) is 0 Å². The zero-order chi connectivity index (χ0) is 20.6. The molecule has 2 heterocycles. The number of nitrogens with one attached hydrogen (secondary N) is 1. The summed E-state index contributed by atoms with van der Waals surface area (Å²) in [6.07, 6.45) is 3.60. The van der Waals surface area contributed by atoms with Crippen LogP contribution in [0.1, 0.15) is 33.6 Å². The van der Waals surface area contributed by atoms with Crippen LogP contribution in [0.25, 0.3) is 11.0 Å². The van der Waals surface area contributed by atoms with Crippen LogP contribution in [-0.4, -0.2) is 44.1 Å². The molecule has 0 fully saturated rings. The second-order valence-corrected chi connectivity index (χ2v) is 9.00. The molecule has 0 radical (unpaired) electrons. The average molecular weight is 423 g/mol. The predicted octanol–water partition coefficient (Wildman–Crippen LogP) is 2.55. The molecule has 154 valence electrons. The summed E-state index contributed by atoms with van der Waals surface area (Å²) in [5, 5.41) is -0.103. The van der Waals surface area contributed by atoms with Crippen LogP contribution < -0.4 is 5.56 Å². The standard InChI is InChI=1S/C11H15FN3O5PS.C5H12/c1-19-7(5-20-21(17,18)22)2-3-15-4-8(12)9-10(15)13-6-14-11(9)16;1-4-5(2)3/h4,6-7H,2-3,5H2,1H3,(H,13,14,16)(H2,17,18,22);5H,4H2,1-3H3. The van der Waals surface area contributed by atoms with Gasteiger partial charge in [-0.05, 0) is 24.1 Å². The second-order valence-electron chi connectivity index (χ2n) is 6.34. The van der Waals surface area contributed by atoms with Crippen molar-refractivity contribution in [2.24, 2.45) is 5.92 Å². The summed E-state index contributed by atoms with van der Waals surface area (Å²) in [6.45, 7) is 3.11. The van der Waals surface area contributed by atoms with Gasteiger partial charge in [-0.3, -0.25) is 4.79 Å². The summed E-state index contributed by atoms with van der Waals surface area (Å²) in [5.74, 6) is 0.228. The highest BCUT2D eigenvalue weighted by atomic mass is 32.5. The molecular formula is C16H27FN3O5PS. The number of aromatic nitrogens is 3. The van der Waals surface area contributed by atoms with Gasteiger partial charge in [0.05, 0.1) is 19.0 Å². The maximum Gasteiger partial charge on any atom is 0.321 e. The van der Waals surface area contributed by atoms with Crippen molar-refractivity contribution in [3.05, 3.63) is 28.7 Å². The highest BCUT2D eigenvalue weighted by molar-refractivity contribution is 8.06. The Balaban J connectivity index is 0.000000646. The molecule has 0 saturated carbocycles. The Labute approximate surface area is 162 Å². The zero-order valence-electron chi connectivity index (χ0n) is 15.9. The quantitative estimate of drug-likeness (QED) is 0.560. The van der Waals surface area contributed by atoms with Crippen molar-refractivity contribution < 1.29 is 23.4 Å². The third-order valence-electron chi connectivity index (χ3n) is 3.88. The van der Waals surface area contributed by atoms with E-state index in [1.165, 1.54) is 30.6 Å². The Morgan fingerprint density at radius 2 is 2.07 bits per heavy atom. The van der Waals surface area contributed by atoms with Gasteiger partial charge in [-0.15, -0.1) is 0 Å². The molecule has 0 amide bonds. The molecule has 2 aromatic heterocycles. The number of hydrogen-bond donors (Lipinski definition) is 3. The third-order valence-corrected chi connectivity index (χ3v) is 4.69. The van der Waals surface area contributed by atoms with Crippen LogP contribution in [0.15, 0.2) is 17.3 Å². The van der Waals surface area contributed by atoms with E-state index in [1.807, 2.05) is 0 Å². The van der Waals surface area contributed by atoms with Crippen molar-refractivity contribution in [1.29, 1.82) is 0 Å². The van der Waals surface area contributed by atoms with Gasteiger partial charge >= 0.3 is 6.72 Å². The van der Waals surface area contributed by atoms with Gasteiger partial charge in [-0.1, -0.05) is 27.2 Å². The maximum absolute atomic E-state index is 13.8. The molecule has 0 bridgehead atoms. The first-order valence-electron chi connectivity index (χ1n) is 8.53. The van der Waals surface area contributed by atoms with Gasteiger partial charge in [0.15, 0.2) is 5.82 Å². The fourth-order valence-electron chi connectivity index (χ4n) is 1.99. The molecule has 8 nitrogen and oxygen atoms in total. The molecule has 0 aromatic carbocycles. The molecule has 27 heavy (non-hydrogen) atoms. The molecule has 0 spiro atoms. The zero-order valence-corrected chi connectivity index (χ0v) is 17.6. The molecular weight excluding hydrogens is 396 g/mol. The van der Waals surface area contributed by atoms with Crippen molar-refractivity contribution in [3.63, 3.8) is 0 Å². The minimum Gasteiger partial charge on any atom is -0.379 e. The maximum atomic E-state index is 13.8. The van der Waals surface area contributed by atoms with Gasteiger partial charge in [0.2, 0.25) is 0 Å². The normalized spacial score (nSPS) is 12.9. The van der Waals surface area contributed by atoms with Crippen molar-refractivity contribution in [1.82, 2.24) is 14.5 Å². The lowest BCUT2D eigenvalue weighted by Crippen LogP contribution is -2.20. The van der Waals surface area contributed by atoms with Crippen molar-refractivity contribution in [3.8, 4) is 0 Å². The first-order valence-corrected chi connectivity index (χ1v) is 11.2. The Hall–Kier alpha value is -1.16. The number of methoxy groups -OCH3 is 1. The highest BCUT2D eigenvalue weighted by Crippen LogP contribution is 2.36. The van der Waals surface area contributed by atoms with Crippen LogP contribution in [0, 0.1) is 11.7 Å². The minimum absolute atomic E-state index is 0.101. The number of nitrogens with zero attached hydrogens (tertiary/aromatic N) is 2. The molecule has 0 aliphatic heterocycles. The molecule has 2 aromatic rings. The second kappa shape index (κ2) is 11.0. The van der Waals surface area contributed by atoms with E-state index in [0.717, 1.165) is 5.92 Å². The third kappa shape index (κ3) is 8.16. The van der Waals surface area contributed by atoms with Gasteiger partial charge in [0.25, 0.3) is 5.56 Å². The topological polar surface area (TPSA) is 110 Å². The molecule has 0 aliphatic rings. The van der Waals surface area contributed by atoms with E-state index >= 15 is 0 Å². The van der Waals surface area contributed by atoms with E-state index in [4.69, 9.17) is 19.0 Å². The Morgan fingerprint density at radius 3 is 2.59 bits per heavy atom. The minimum atomic E-state index is -3.74. The van der Waals surface area contributed by atoms with E-state index in [2.05, 4.69) is 42.5 Å². The van der Waals surface area contributed by atoms with Crippen LogP contribution >= 0.6 is 6.72 Å². The van der Waals surface area contributed by atoms with Gasteiger partial charge in [0.1, 0.15) is 11.0 Å². The summed E-state index contributed by atoms with van der Waals surface area (Å²) in [5.41, 5.74) is -0.319. The van der Waals surface area contributed by atoms with Crippen LogP contribution in [-0.2, 0) is 27.6 Å². The molecule has 11 heteroatoms. The summed E-state index contributed by atoms with van der Waals surface area (Å²) >= 11 is 4.35. The number of halogens is 1. The number of aryl methyl sites for hydroxylation is 1. The predicted molar refractivity (Wildman–Crippen MR) is 106 cm³/mol. The van der Waals surface area contributed by atoms with Crippen molar-refractivity contribution in [2.75, 3.05) is 13.7 Å². The fourth-order valence-corrected chi connectivity index (χ4v) is 2.53. The Bertz CT molecular complexity index is 820. The van der Waals surface area contributed by atoms with Crippen LogP contribution in [0.3, 0.4) is 0 Å². The van der Waals surface area contributed by atoms with E-state index in [1.54, 1.807) is 0 Å². The lowest BCUT2D eigenvalue weighted by Gasteiger charge is -2.17. The first kappa shape index (κ1) is 23.9. The molecule has 0 saturated heterocycles. The molecule has 3 N–H and O–H groups in total. The number of rotatable bonds is 8. The van der Waals surface area contributed by atoms with E-state index in [9.17, 15) is 9.18 Å². The van der Waals surface area contributed by atoms with Gasteiger partial charge in [-0.25, -0.2) is 9.37 Å². The van der Waals surface area contributed by atoms with E-state index in [-0.39, 0.29) is 17.6 Å². The average Bonchev–Trinajstić information content (AvgIpc) is 2.92. The Morgan fingerprint density at radius 1 is 1.44 bits per heavy atom. The molecule has 1 unspecified atom stereocenters. The number of fused-ring (bicyclic) bond motifs is 1. The fraction of sp³-hybridized carbons (Fsp3) is 0.625. The smallest absolute Gasteiger partial charge is 0.321 e. The highest BCUT2D eigenvalue weighted by Gasteiger charge is 2.17. The van der Waals surface area contributed by atoms with Crippen molar-refractivity contribution in [2.45, 2.75) is 46.3 Å². The lowest BCUT2D eigenvalue weighted by molar-refractivity contribution is 0.0444.